The monoisotopic (exact) mass is 335 g/mol. The molecule has 19 heavy (non-hydrogen) atoms. The number of thioether (sulfide) groups is 1. The zero-order valence-electron chi connectivity index (χ0n) is 10.0. The van der Waals surface area contributed by atoms with Gasteiger partial charge in [-0.2, -0.15) is 0 Å². The van der Waals surface area contributed by atoms with Crippen molar-refractivity contribution in [3.05, 3.63) is 40.1 Å². The highest BCUT2D eigenvalue weighted by atomic mass is 35.5. The Labute approximate surface area is 131 Å². The van der Waals surface area contributed by atoms with Crippen LogP contribution in [0.2, 0.25) is 10.0 Å². The molecule has 7 heteroatoms. The van der Waals surface area contributed by atoms with Crippen LogP contribution >= 0.6 is 46.6 Å². The van der Waals surface area contributed by atoms with Gasteiger partial charge in [-0.3, -0.25) is 4.68 Å². The van der Waals surface area contributed by atoms with Gasteiger partial charge in [0.2, 0.25) is 0 Å². The highest BCUT2D eigenvalue weighted by molar-refractivity contribution is 7.99. The highest BCUT2D eigenvalue weighted by Crippen LogP contribution is 2.29. The first-order valence-electron chi connectivity index (χ1n) is 5.72. The van der Waals surface area contributed by atoms with Crippen LogP contribution in [0, 0.1) is 0 Å². The summed E-state index contributed by atoms with van der Waals surface area (Å²) in [6.45, 7) is 0.767. The molecular formula is C12H12Cl3N3S. The Morgan fingerprint density at radius 2 is 2.11 bits per heavy atom. The zero-order chi connectivity index (χ0) is 13.7. The molecule has 102 valence electrons. The summed E-state index contributed by atoms with van der Waals surface area (Å²) in [5.41, 5.74) is 0.917. The Morgan fingerprint density at radius 1 is 1.26 bits per heavy atom. The third-order valence-corrected chi connectivity index (χ3v) is 4.31. The summed E-state index contributed by atoms with van der Waals surface area (Å²) >= 11 is 19.3. The number of benzene rings is 1. The second kappa shape index (κ2) is 7.39. The lowest BCUT2D eigenvalue weighted by Gasteiger charge is -2.04. The van der Waals surface area contributed by atoms with Gasteiger partial charge in [-0.25, -0.2) is 0 Å². The SMILES string of the molecule is ClCCc1cn(CCSc2cc(Cl)ccc2Cl)nn1. The van der Waals surface area contributed by atoms with Crippen molar-refractivity contribution in [1.82, 2.24) is 15.0 Å². The van der Waals surface area contributed by atoms with Crippen LogP contribution < -0.4 is 0 Å². The van der Waals surface area contributed by atoms with Gasteiger partial charge >= 0.3 is 0 Å². The fourth-order valence-corrected chi connectivity index (χ4v) is 3.12. The largest absolute Gasteiger partial charge is 0.251 e. The second-order valence-corrected chi connectivity index (χ2v) is 6.19. The third-order valence-electron chi connectivity index (χ3n) is 2.41. The highest BCUT2D eigenvalue weighted by Gasteiger charge is 2.04. The minimum atomic E-state index is 0.561. The fraction of sp³-hybridized carbons (Fsp3) is 0.333. The number of rotatable bonds is 6. The van der Waals surface area contributed by atoms with Crippen molar-refractivity contribution < 1.29 is 0 Å². The Balaban J connectivity index is 1.87. The van der Waals surface area contributed by atoms with Crippen LogP contribution in [0.4, 0.5) is 0 Å². The molecule has 0 N–H and O–H groups in total. The molecule has 0 radical (unpaired) electrons. The van der Waals surface area contributed by atoms with E-state index in [0.29, 0.717) is 10.9 Å². The first-order valence-corrected chi connectivity index (χ1v) is 7.99. The van der Waals surface area contributed by atoms with E-state index >= 15 is 0 Å². The van der Waals surface area contributed by atoms with Gasteiger partial charge in [0.05, 0.1) is 17.3 Å². The second-order valence-electron chi connectivity index (χ2n) is 3.84. The number of aryl methyl sites for hydroxylation is 2. The molecule has 1 aromatic heterocycles. The minimum Gasteiger partial charge on any atom is -0.251 e. The van der Waals surface area contributed by atoms with Crippen molar-refractivity contribution in [2.75, 3.05) is 11.6 Å². The Hall–Kier alpha value is -0.420. The summed E-state index contributed by atoms with van der Waals surface area (Å²) in [4.78, 5) is 0.982. The predicted molar refractivity (Wildman–Crippen MR) is 81.6 cm³/mol. The average molecular weight is 337 g/mol. The van der Waals surface area contributed by atoms with Gasteiger partial charge in [0.1, 0.15) is 0 Å². The van der Waals surface area contributed by atoms with Gasteiger partial charge in [0.25, 0.3) is 0 Å². The molecule has 2 aromatic rings. The van der Waals surface area contributed by atoms with E-state index in [9.17, 15) is 0 Å². The van der Waals surface area contributed by atoms with Crippen molar-refractivity contribution in [3.8, 4) is 0 Å². The van der Waals surface area contributed by atoms with Crippen molar-refractivity contribution in [2.24, 2.45) is 0 Å². The molecule has 1 heterocycles. The summed E-state index contributed by atoms with van der Waals surface area (Å²) in [6, 6.07) is 5.46. The van der Waals surface area contributed by atoms with E-state index in [0.717, 1.165) is 34.3 Å². The average Bonchev–Trinajstić information content (AvgIpc) is 2.82. The normalized spacial score (nSPS) is 10.9. The number of halogens is 3. The molecule has 0 saturated carbocycles. The quantitative estimate of drug-likeness (QED) is 0.586. The molecule has 2 rings (SSSR count). The van der Waals surface area contributed by atoms with Crippen LogP contribution in [-0.2, 0) is 13.0 Å². The molecule has 1 aromatic carbocycles. The minimum absolute atomic E-state index is 0.561. The number of hydrogen-bond donors (Lipinski definition) is 0. The van der Waals surface area contributed by atoms with E-state index in [1.165, 1.54) is 0 Å². The van der Waals surface area contributed by atoms with Crippen LogP contribution in [0.5, 0.6) is 0 Å². The molecule has 0 saturated heterocycles. The summed E-state index contributed by atoms with van der Waals surface area (Å²) in [7, 11) is 0. The first kappa shape index (κ1) is 15.0. The Kier molecular flexibility index (Phi) is 5.82. The Bertz CT molecular complexity index is 545. The van der Waals surface area contributed by atoms with Crippen molar-refractivity contribution in [3.63, 3.8) is 0 Å². The van der Waals surface area contributed by atoms with Gasteiger partial charge in [0, 0.05) is 34.2 Å². The van der Waals surface area contributed by atoms with E-state index in [-0.39, 0.29) is 0 Å². The number of nitrogens with zero attached hydrogens (tertiary/aromatic N) is 3. The molecule has 0 atom stereocenters. The molecule has 0 fully saturated rings. The van der Waals surface area contributed by atoms with Crippen LogP contribution in [0.25, 0.3) is 0 Å². The molecule has 0 aliphatic rings. The standard InChI is InChI=1S/C12H12Cl3N3S/c13-4-3-10-8-18(17-16-10)5-6-19-12-7-9(14)1-2-11(12)15/h1-2,7-8H,3-6H2. The lowest BCUT2D eigenvalue weighted by Crippen LogP contribution is -2.01. The summed E-state index contributed by atoms with van der Waals surface area (Å²) < 4.78 is 1.81. The lowest BCUT2D eigenvalue weighted by atomic mass is 10.4. The molecule has 0 aliphatic heterocycles. The summed E-state index contributed by atoms with van der Waals surface area (Å²) in [5.74, 6) is 1.41. The van der Waals surface area contributed by atoms with E-state index in [1.54, 1.807) is 23.9 Å². The molecule has 0 aliphatic carbocycles. The van der Waals surface area contributed by atoms with Crippen LogP contribution in [-0.4, -0.2) is 26.6 Å². The lowest BCUT2D eigenvalue weighted by molar-refractivity contribution is 0.632. The van der Waals surface area contributed by atoms with Gasteiger partial charge in [-0.1, -0.05) is 28.4 Å². The van der Waals surface area contributed by atoms with Crippen molar-refractivity contribution in [1.29, 1.82) is 0 Å². The van der Waals surface area contributed by atoms with Crippen LogP contribution in [0.1, 0.15) is 5.69 Å². The predicted octanol–water partition coefficient (Wildman–Crippen LogP) is 4.16. The maximum atomic E-state index is 6.09. The molecule has 0 unspecified atom stereocenters. The zero-order valence-corrected chi connectivity index (χ0v) is 13.1. The van der Waals surface area contributed by atoms with Crippen LogP contribution in [0.3, 0.4) is 0 Å². The van der Waals surface area contributed by atoms with E-state index in [1.807, 2.05) is 16.9 Å². The smallest absolute Gasteiger partial charge is 0.0839 e. The maximum absolute atomic E-state index is 6.09. The number of alkyl halides is 1. The molecular weight excluding hydrogens is 325 g/mol. The van der Waals surface area contributed by atoms with Crippen LogP contribution in [0.15, 0.2) is 29.3 Å². The molecule has 0 amide bonds. The van der Waals surface area contributed by atoms with E-state index < -0.39 is 0 Å². The van der Waals surface area contributed by atoms with E-state index in [2.05, 4.69) is 10.3 Å². The van der Waals surface area contributed by atoms with Crippen molar-refractivity contribution in [2.45, 2.75) is 17.9 Å². The van der Waals surface area contributed by atoms with Gasteiger partial charge in [0.15, 0.2) is 0 Å². The third kappa shape index (κ3) is 4.56. The summed E-state index contributed by atoms with van der Waals surface area (Å²) in [6.07, 6.45) is 2.66. The van der Waals surface area contributed by atoms with Gasteiger partial charge in [-0.15, -0.1) is 28.5 Å². The van der Waals surface area contributed by atoms with Crippen molar-refractivity contribution >= 4 is 46.6 Å². The first-order chi connectivity index (χ1) is 9.19. The topological polar surface area (TPSA) is 30.7 Å². The molecule has 0 spiro atoms. The number of aromatic nitrogens is 3. The van der Waals surface area contributed by atoms with Gasteiger partial charge in [-0.05, 0) is 18.2 Å². The maximum Gasteiger partial charge on any atom is 0.0839 e. The fourth-order valence-electron chi connectivity index (χ4n) is 1.50. The van der Waals surface area contributed by atoms with E-state index in [4.69, 9.17) is 34.8 Å². The Morgan fingerprint density at radius 3 is 2.89 bits per heavy atom. The van der Waals surface area contributed by atoms with Gasteiger partial charge < -0.3 is 0 Å². The summed E-state index contributed by atoms with van der Waals surface area (Å²) in [5, 5.41) is 9.49. The molecule has 3 nitrogen and oxygen atoms in total. The number of hydrogen-bond acceptors (Lipinski definition) is 3. The molecule has 0 bridgehead atoms.